The lowest BCUT2D eigenvalue weighted by molar-refractivity contribution is -0.143. The van der Waals surface area contributed by atoms with Crippen molar-refractivity contribution in [3.63, 3.8) is 0 Å². The molecule has 0 heterocycles. The highest BCUT2D eigenvalue weighted by atomic mass is 16.2. The summed E-state index contributed by atoms with van der Waals surface area (Å²) in [7, 11) is 0. The molecule has 1 aromatic carbocycles. The molecule has 2 rings (SSSR count). The molecule has 0 bridgehead atoms. The van der Waals surface area contributed by atoms with Gasteiger partial charge in [-0.25, -0.2) is 0 Å². The molecule has 4 nitrogen and oxygen atoms in total. The number of aryl methyl sites for hydroxylation is 1. The zero-order valence-electron chi connectivity index (χ0n) is 12.9. The molecule has 0 saturated heterocycles. The average Bonchev–Trinajstić information content (AvgIpc) is 2.46. The van der Waals surface area contributed by atoms with E-state index in [1.807, 2.05) is 26.0 Å². The second-order valence-corrected chi connectivity index (χ2v) is 5.92. The fourth-order valence-electron chi connectivity index (χ4n) is 2.86. The van der Waals surface area contributed by atoms with Crippen LogP contribution in [0.3, 0.4) is 0 Å². The molecule has 1 aliphatic carbocycles. The second-order valence-electron chi connectivity index (χ2n) is 5.92. The van der Waals surface area contributed by atoms with Crippen molar-refractivity contribution in [1.82, 2.24) is 0 Å². The molecule has 0 spiro atoms. The van der Waals surface area contributed by atoms with Crippen molar-refractivity contribution >= 4 is 23.1 Å². The second kappa shape index (κ2) is 6.77. The van der Waals surface area contributed by atoms with Gasteiger partial charge in [0.05, 0.1) is 0 Å². The summed E-state index contributed by atoms with van der Waals surface area (Å²) in [5.74, 6) is -3.07. The minimum absolute atomic E-state index is 0.0153. The monoisotopic (exact) mass is 300 g/mol. The van der Waals surface area contributed by atoms with E-state index in [2.05, 4.69) is 0 Å². The predicted octanol–water partition coefficient (Wildman–Crippen LogP) is 2.71. The van der Waals surface area contributed by atoms with Gasteiger partial charge in [-0.3, -0.25) is 19.2 Å². The van der Waals surface area contributed by atoms with Crippen LogP contribution < -0.4 is 0 Å². The Morgan fingerprint density at radius 1 is 1.05 bits per heavy atom. The number of carbonyl (C=O) groups excluding carboxylic acids is 4. The lowest BCUT2D eigenvalue weighted by atomic mass is 9.75. The molecular weight excluding hydrogens is 280 g/mol. The van der Waals surface area contributed by atoms with Gasteiger partial charge in [0.15, 0.2) is 23.1 Å². The standard InChI is InChI=1S/C18H20O4/c1-3-4-14(19)17-15(20)9-13(10-16(17)21)18(22)12-7-5-11(2)6-8-12/h5-8,13,17H,3-4,9-10H2,1-2H3. The average molecular weight is 300 g/mol. The van der Waals surface area contributed by atoms with E-state index in [1.54, 1.807) is 12.1 Å². The number of hydrogen-bond acceptors (Lipinski definition) is 4. The summed E-state index contributed by atoms with van der Waals surface area (Å²) in [5.41, 5.74) is 1.55. The van der Waals surface area contributed by atoms with E-state index >= 15 is 0 Å². The SMILES string of the molecule is CCCC(=O)C1C(=O)CC(C(=O)c2ccc(C)cc2)CC1=O. The minimum Gasteiger partial charge on any atom is -0.298 e. The zero-order valence-corrected chi connectivity index (χ0v) is 12.9. The first-order valence-corrected chi connectivity index (χ1v) is 7.63. The summed E-state index contributed by atoms with van der Waals surface area (Å²) >= 11 is 0. The van der Waals surface area contributed by atoms with Crippen molar-refractivity contribution in [2.75, 3.05) is 0 Å². The van der Waals surface area contributed by atoms with Crippen LogP contribution in [0.5, 0.6) is 0 Å². The molecule has 0 aromatic heterocycles. The molecule has 0 N–H and O–H groups in total. The van der Waals surface area contributed by atoms with Gasteiger partial charge in [-0.2, -0.15) is 0 Å². The van der Waals surface area contributed by atoms with Gasteiger partial charge in [0.1, 0.15) is 5.92 Å². The molecule has 1 fully saturated rings. The van der Waals surface area contributed by atoms with Crippen molar-refractivity contribution < 1.29 is 19.2 Å². The first-order valence-electron chi connectivity index (χ1n) is 7.63. The van der Waals surface area contributed by atoms with E-state index in [0.717, 1.165) is 5.56 Å². The molecule has 22 heavy (non-hydrogen) atoms. The largest absolute Gasteiger partial charge is 0.298 e. The molecule has 0 amide bonds. The van der Waals surface area contributed by atoms with Crippen molar-refractivity contribution in [3.05, 3.63) is 35.4 Å². The van der Waals surface area contributed by atoms with Crippen LogP contribution in [-0.2, 0) is 14.4 Å². The minimum atomic E-state index is -1.14. The van der Waals surface area contributed by atoms with Crippen LogP contribution in [0.15, 0.2) is 24.3 Å². The van der Waals surface area contributed by atoms with Gasteiger partial charge in [0.2, 0.25) is 0 Å². The predicted molar refractivity (Wildman–Crippen MR) is 81.7 cm³/mol. The topological polar surface area (TPSA) is 68.3 Å². The third-order valence-electron chi connectivity index (χ3n) is 4.06. The summed E-state index contributed by atoms with van der Waals surface area (Å²) in [4.78, 5) is 48.5. The first kappa shape index (κ1) is 16.3. The maximum Gasteiger partial charge on any atom is 0.166 e. The summed E-state index contributed by atoms with van der Waals surface area (Å²) in [6.07, 6.45) is 0.817. The van der Waals surface area contributed by atoms with Crippen LogP contribution in [0.2, 0.25) is 0 Å². The summed E-state index contributed by atoms with van der Waals surface area (Å²) < 4.78 is 0. The maximum atomic E-state index is 12.4. The Bertz CT molecular complexity index is 594. The molecule has 1 aliphatic rings. The van der Waals surface area contributed by atoms with E-state index in [9.17, 15) is 19.2 Å². The lowest BCUT2D eigenvalue weighted by Crippen LogP contribution is -2.40. The van der Waals surface area contributed by atoms with Crippen LogP contribution in [0.25, 0.3) is 0 Å². The highest BCUT2D eigenvalue weighted by Gasteiger charge is 2.41. The number of Topliss-reactive ketones (excluding diaryl/α,β-unsaturated/α-hetero) is 4. The summed E-state index contributed by atoms with van der Waals surface area (Å²) in [6.45, 7) is 3.76. The maximum absolute atomic E-state index is 12.4. The molecule has 1 saturated carbocycles. The van der Waals surface area contributed by atoms with E-state index in [4.69, 9.17) is 0 Å². The third kappa shape index (κ3) is 3.38. The van der Waals surface area contributed by atoms with Crippen LogP contribution in [0, 0.1) is 18.8 Å². The van der Waals surface area contributed by atoms with Crippen LogP contribution >= 0.6 is 0 Å². The van der Waals surface area contributed by atoms with Gasteiger partial charge in [0, 0.05) is 30.7 Å². The Balaban J connectivity index is 2.12. The van der Waals surface area contributed by atoms with Gasteiger partial charge < -0.3 is 0 Å². The zero-order chi connectivity index (χ0) is 16.3. The lowest BCUT2D eigenvalue weighted by Gasteiger charge is -2.24. The Morgan fingerprint density at radius 2 is 1.59 bits per heavy atom. The molecule has 1 aromatic rings. The number of benzene rings is 1. The normalized spacial score (nSPS) is 21.7. The fraction of sp³-hybridized carbons (Fsp3) is 0.444. The van der Waals surface area contributed by atoms with Gasteiger partial charge >= 0.3 is 0 Å². The van der Waals surface area contributed by atoms with Crippen LogP contribution in [0.1, 0.15) is 48.5 Å². The Labute approximate surface area is 129 Å². The molecular formula is C18H20O4. The molecule has 0 atom stereocenters. The van der Waals surface area contributed by atoms with Gasteiger partial charge in [-0.05, 0) is 13.3 Å². The number of ketones is 4. The highest BCUT2D eigenvalue weighted by Crippen LogP contribution is 2.28. The van der Waals surface area contributed by atoms with Gasteiger partial charge in [-0.15, -0.1) is 0 Å². The first-order chi connectivity index (χ1) is 10.4. The summed E-state index contributed by atoms with van der Waals surface area (Å²) in [5, 5.41) is 0. The van der Waals surface area contributed by atoms with Crippen molar-refractivity contribution in [3.8, 4) is 0 Å². The molecule has 0 radical (unpaired) electrons. The third-order valence-corrected chi connectivity index (χ3v) is 4.06. The highest BCUT2D eigenvalue weighted by molar-refractivity contribution is 6.22. The quantitative estimate of drug-likeness (QED) is 0.619. The van der Waals surface area contributed by atoms with Gasteiger partial charge in [0.25, 0.3) is 0 Å². The van der Waals surface area contributed by atoms with Gasteiger partial charge in [-0.1, -0.05) is 36.8 Å². The number of carbonyl (C=O) groups is 4. The molecule has 116 valence electrons. The van der Waals surface area contributed by atoms with Crippen molar-refractivity contribution in [2.45, 2.75) is 39.5 Å². The number of hydrogen-bond donors (Lipinski definition) is 0. The smallest absolute Gasteiger partial charge is 0.166 e. The van der Waals surface area contributed by atoms with E-state index in [-0.39, 0.29) is 30.8 Å². The molecule has 0 unspecified atom stereocenters. The van der Waals surface area contributed by atoms with E-state index < -0.39 is 23.4 Å². The van der Waals surface area contributed by atoms with E-state index in [0.29, 0.717) is 12.0 Å². The van der Waals surface area contributed by atoms with Crippen LogP contribution in [-0.4, -0.2) is 23.1 Å². The number of rotatable bonds is 5. The van der Waals surface area contributed by atoms with Crippen molar-refractivity contribution in [1.29, 1.82) is 0 Å². The Kier molecular flexibility index (Phi) is 5.01. The Hall–Kier alpha value is -2.10. The van der Waals surface area contributed by atoms with Crippen LogP contribution in [0.4, 0.5) is 0 Å². The molecule has 0 aliphatic heterocycles. The molecule has 4 heteroatoms. The summed E-state index contributed by atoms with van der Waals surface area (Å²) in [6, 6.07) is 7.07. The van der Waals surface area contributed by atoms with E-state index in [1.165, 1.54) is 0 Å². The fourth-order valence-corrected chi connectivity index (χ4v) is 2.86. The van der Waals surface area contributed by atoms with Crippen molar-refractivity contribution in [2.24, 2.45) is 11.8 Å². The Morgan fingerprint density at radius 3 is 2.09 bits per heavy atom.